The lowest BCUT2D eigenvalue weighted by molar-refractivity contribution is 0.338. The summed E-state index contributed by atoms with van der Waals surface area (Å²) in [4.78, 5) is 15.4. The minimum absolute atomic E-state index is 0.141. The van der Waals surface area contributed by atoms with Gasteiger partial charge in [0.05, 0.1) is 25.0 Å². The van der Waals surface area contributed by atoms with Crippen LogP contribution in [0.1, 0.15) is 37.0 Å². The summed E-state index contributed by atoms with van der Waals surface area (Å²) in [6.45, 7) is 1.65. The second-order valence-corrected chi connectivity index (χ2v) is 8.32. The number of hydrazone groups is 1. The van der Waals surface area contributed by atoms with Crippen molar-refractivity contribution >= 4 is 17.6 Å². The average molecular weight is 448 g/mol. The third-order valence-corrected chi connectivity index (χ3v) is 6.35. The Morgan fingerprint density at radius 2 is 1.73 bits per heavy atom. The Labute approximate surface area is 191 Å². The van der Waals surface area contributed by atoms with Gasteiger partial charge in [-0.3, -0.25) is 14.5 Å². The molecule has 3 heterocycles. The zero-order valence-electron chi connectivity index (χ0n) is 18.5. The minimum atomic E-state index is -0.277. The first kappa shape index (κ1) is 21.2. The summed E-state index contributed by atoms with van der Waals surface area (Å²) in [6.07, 6.45) is 5.86. The average Bonchev–Trinajstić information content (AvgIpc) is 3.35. The number of piperidine rings is 1. The minimum Gasteiger partial charge on any atom is -0.491 e. The summed E-state index contributed by atoms with van der Waals surface area (Å²) in [5.41, 5.74) is 2.17. The normalized spacial score (nSPS) is 18.7. The van der Waals surface area contributed by atoms with Gasteiger partial charge in [-0.05, 0) is 49.2 Å². The van der Waals surface area contributed by atoms with Crippen molar-refractivity contribution < 1.29 is 9.13 Å². The number of methoxy groups -OCH3 is 1. The van der Waals surface area contributed by atoms with Crippen LogP contribution in [0.4, 0.5) is 15.8 Å². The Morgan fingerprint density at radius 3 is 2.42 bits per heavy atom. The van der Waals surface area contributed by atoms with Gasteiger partial charge in [0, 0.05) is 31.4 Å². The highest BCUT2D eigenvalue weighted by Crippen LogP contribution is 2.32. The van der Waals surface area contributed by atoms with Crippen LogP contribution in [0.15, 0.2) is 70.7 Å². The lowest BCUT2D eigenvalue weighted by atomic mass is 10.0. The SMILES string of the molecule is COc1cn(C2CCN(c3ccc(F)cc3)CC2)nc(C2CC=NN2c2ccccc2)c1=O. The summed E-state index contributed by atoms with van der Waals surface area (Å²) in [6, 6.07) is 16.3. The number of hydrogen-bond acceptors (Lipinski definition) is 6. The van der Waals surface area contributed by atoms with E-state index >= 15 is 0 Å². The molecule has 0 saturated carbocycles. The van der Waals surface area contributed by atoms with Crippen molar-refractivity contribution in [2.24, 2.45) is 5.10 Å². The number of aromatic nitrogens is 2. The molecule has 1 aromatic heterocycles. The van der Waals surface area contributed by atoms with Gasteiger partial charge < -0.3 is 9.64 Å². The second-order valence-electron chi connectivity index (χ2n) is 8.32. The summed E-state index contributed by atoms with van der Waals surface area (Å²) < 4.78 is 20.6. The fourth-order valence-corrected chi connectivity index (χ4v) is 4.56. The fourth-order valence-electron chi connectivity index (χ4n) is 4.56. The van der Waals surface area contributed by atoms with E-state index in [0.717, 1.165) is 37.3 Å². The maximum atomic E-state index is 13.3. The molecular formula is C25H26FN5O2. The molecule has 1 unspecified atom stereocenters. The van der Waals surface area contributed by atoms with Crippen molar-refractivity contribution in [1.29, 1.82) is 0 Å². The van der Waals surface area contributed by atoms with E-state index in [9.17, 15) is 9.18 Å². The van der Waals surface area contributed by atoms with Crippen molar-refractivity contribution in [3.63, 3.8) is 0 Å². The topological polar surface area (TPSA) is 63.0 Å². The molecule has 7 nitrogen and oxygen atoms in total. The van der Waals surface area contributed by atoms with E-state index in [-0.39, 0.29) is 23.3 Å². The van der Waals surface area contributed by atoms with Crippen molar-refractivity contribution in [3.05, 3.63) is 82.5 Å². The number of halogens is 1. The van der Waals surface area contributed by atoms with Crippen molar-refractivity contribution in [3.8, 4) is 5.75 Å². The van der Waals surface area contributed by atoms with Crippen molar-refractivity contribution in [2.45, 2.75) is 31.3 Å². The van der Waals surface area contributed by atoms with Gasteiger partial charge >= 0.3 is 0 Å². The van der Waals surface area contributed by atoms with Crippen molar-refractivity contribution in [2.75, 3.05) is 30.1 Å². The number of nitrogens with zero attached hydrogens (tertiary/aromatic N) is 5. The van der Waals surface area contributed by atoms with E-state index < -0.39 is 0 Å². The highest BCUT2D eigenvalue weighted by atomic mass is 19.1. The third kappa shape index (κ3) is 4.20. The van der Waals surface area contributed by atoms with E-state index in [2.05, 4.69) is 10.0 Å². The zero-order chi connectivity index (χ0) is 22.8. The van der Waals surface area contributed by atoms with Gasteiger partial charge in [0.2, 0.25) is 5.43 Å². The Morgan fingerprint density at radius 1 is 1.00 bits per heavy atom. The molecule has 2 aromatic carbocycles. The molecule has 33 heavy (non-hydrogen) atoms. The molecule has 1 fully saturated rings. The maximum Gasteiger partial charge on any atom is 0.247 e. The molecule has 5 rings (SSSR count). The lowest BCUT2D eigenvalue weighted by Gasteiger charge is -2.34. The van der Waals surface area contributed by atoms with E-state index in [1.165, 1.54) is 19.2 Å². The Hall–Kier alpha value is -3.68. The number of anilines is 2. The maximum absolute atomic E-state index is 13.3. The van der Waals surface area contributed by atoms with Crippen LogP contribution in [0, 0.1) is 5.82 Å². The predicted molar refractivity (Wildman–Crippen MR) is 127 cm³/mol. The molecule has 0 aliphatic carbocycles. The monoisotopic (exact) mass is 447 g/mol. The van der Waals surface area contributed by atoms with Gasteiger partial charge in [0.25, 0.3) is 0 Å². The Kier molecular flexibility index (Phi) is 5.81. The predicted octanol–water partition coefficient (Wildman–Crippen LogP) is 4.17. The lowest BCUT2D eigenvalue weighted by Crippen LogP contribution is -2.36. The van der Waals surface area contributed by atoms with E-state index in [1.54, 1.807) is 6.20 Å². The molecule has 8 heteroatoms. The molecule has 0 bridgehead atoms. The van der Waals surface area contributed by atoms with Crippen molar-refractivity contribution in [1.82, 2.24) is 9.78 Å². The molecule has 1 atom stereocenters. The van der Waals surface area contributed by atoms with E-state index in [0.29, 0.717) is 17.9 Å². The number of benzene rings is 2. The number of ether oxygens (including phenoxy) is 1. The van der Waals surface area contributed by atoms with E-state index in [1.807, 2.05) is 58.4 Å². The molecule has 170 valence electrons. The highest BCUT2D eigenvalue weighted by Gasteiger charge is 2.31. The molecule has 0 spiro atoms. The van der Waals surface area contributed by atoms with Gasteiger partial charge in [-0.15, -0.1) is 0 Å². The molecule has 0 N–H and O–H groups in total. The summed E-state index contributed by atoms with van der Waals surface area (Å²) in [5, 5.41) is 11.2. The first-order valence-corrected chi connectivity index (χ1v) is 11.2. The molecule has 2 aliphatic heterocycles. The van der Waals surface area contributed by atoms with Crippen LogP contribution >= 0.6 is 0 Å². The van der Waals surface area contributed by atoms with Crippen LogP contribution in [-0.4, -0.2) is 36.2 Å². The smallest absolute Gasteiger partial charge is 0.247 e. The second kappa shape index (κ2) is 9.05. The summed E-state index contributed by atoms with van der Waals surface area (Å²) in [7, 11) is 1.52. The van der Waals surface area contributed by atoms with Gasteiger partial charge in [0.15, 0.2) is 5.75 Å². The molecule has 1 saturated heterocycles. The summed E-state index contributed by atoms with van der Waals surface area (Å²) >= 11 is 0. The quantitative estimate of drug-likeness (QED) is 0.588. The Balaban J connectivity index is 1.40. The highest BCUT2D eigenvalue weighted by molar-refractivity contribution is 5.67. The number of para-hydroxylation sites is 1. The van der Waals surface area contributed by atoms with Crippen LogP contribution < -0.4 is 20.1 Å². The largest absolute Gasteiger partial charge is 0.491 e. The fraction of sp³-hybridized carbons (Fsp3) is 0.320. The first-order valence-electron chi connectivity index (χ1n) is 11.2. The zero-order valence-corrected chi connectivity index (χ0v) is 18.5. The standard InChI is InChI=1S/C25H26FN5O2/c1-33-23-17-30(20-12-15-29(16-13-20)19-9-7-18(26)8-10-19)28-24(25(23)32)22-11-14-27-31(22)21-5-3-2-4-6-21/h2-10,14,17,20,22H,11-13,15-16H2,1H3. The van der Waals surface area contributed by atoms with Gasteiger partial charge in [0.1, 0.15) is 17.6 Å². The van der Waals surface area contributed by atoms with Crippen LogP contribution in [0.3, 0.4) is 0 Å². The molecule has 0 radical (unpaired) electrons. The van der Waals surface area contributed by atoms with Crippen LogP contribution in [0.5, 0.6) is 5.75 Å². The first-order chi connectivity index (χ1) is 16.1. The molecule has 3 aromatic rings. The van der Waals surface area contributed by atoms with Gasteiger partial charge in [-0.1, -0.05) is 18.2 Å². The van der Waals surface area contributed by atoms with Gasteiger partial charge in [-0.2, -0.15) is 10.2 Å². The summed E-state index contributed by atoms with van der Waals surface area (Å²) in [5.74, 6) is 0.0621. The molecule has 2 aliphatic rings. The van der Waals surface area contributed by atoms with E-state index in [4.69, 9.17) is 9.84 Å². The van der Waals surface area contributed by atoms with Crippen LogP contribution in [0.25, 0.3) is 0 Å². The number of rotatable bonds is 5. The molecular weight excluding hydrogens is 421 g/mol. The van der Waals surface area contributed by atoms with Crippen LogP contribution in [-0.2, 0) is 0 Å². The van der Waals surface area contributed by atoms with Gasteiger partial charge in [-0.25, -0.2) is 4.39 Å². The third-order valence-electron chi connectivity index (χ3n) is 6.35. The molecule has 0 amide bonds. The Bertz CT molecular complexity index is 1190. The van der Waals surface area contributed by atoms with Crippen LogP contribution in [0.2, 0.25) is 0 Å². The number of hydrogen-bond donors (Lipinski definition) is 0.